The zero-order chi connectivity index (χ0) is 19.3. The SMILES string of the molecule is O=S(=O)(NCCN1CCOCC1)c1ccc(S(=O)(=O)N2CCOCC2)cc1. The molecule has 2 heterocycles. The number of nitrogens with one attached hydrogen (secondary N) is 1. The molecule has 0 radical (unpaired) electrons. The van der Waals surface area contributed by atoms with E-state index in [0.29, 0.717) is 46.1 Å². The van der Waals surface area contributed by atoms with Gasteiger partial charge in [-0.2, -0.15) is 4.31 Å². The van der Waals surface area contributed by atoms with Gasteiger partial charge in [-0.15, -0.1) is 0 Å². The van der Waals surface area contributed by atoms with Crippen LogP contribution in [0.15, 0.2) is 34.1 Å². The van der Waals surface area contributed by atoms with Crippen LogP contribution in [0, 0.1) is 0 Å². The lowest BCUT2D eigenvalue weighted by Crippen LogP contribution is -2.41. The molecule has 0 amide bonds. The summed E-state index contributed by atoms with van der Waals surface area (Å²) in [5, 5.41) is 0. The zero-order valence-electron chi connectivity index (χ0n) is 15.0. The van der Waals surface area contributed by atoms with Crippen LogP contribution in [-0.4, -0.2) is 91.7 Å². The van der Waals surface area contributed by atoms with E-state index in [-0.39, 0.29) is 16.3 Å². The molecule has 0 saturated carbocycles. The third-order valence-electron chi connectivity index (χ3n) is 4.57. The fraction of sp³-hybridized carbons (Fsp3) is 0.625. The summed E-state index contributed by atoms with van der Waals surface area (Å²) in [6.45, 7) is 5.10. The van der Waals surface area contributed by atoms with E-state index in [1.807, 2.05) is 0 Å². The highest BCUT2D eigenvalue weighted by Gasteiger charge is 2.26. The molecule has 152 valence electrons. The number of sulfonamides is 2. The van der Waals surface area contributed by atoms with Crippen LogP contribution in [0.5, 0.6) is 0 Å². The van der Waals surface area contributed by atoms with Crippen molar-refractivity contribution in [2.75, 3.05) is 65.7 Å². The van der Waals surface area contributed by atoms with Gasteiger partial charge in [0, 0.05) is 39.3 Å². The highest BCUT2D eigenvalue weighted by atomic mass is 32.2. The second-order valence-electron chi connectivity index (χ2n) is 6.34. The average Bonchev–Trinajstić information content (AvgIpc) is 2.69. The number of benzene rings is 1. The van der Waals surface area contributed by atoms with E-state index in [2.05, 4.69) is 9.62 Å². The van der Waals surface area contributed by atoms with Crippen molar-refractivity contribution in [2.45, 2.75) is 9.79 Å². The second-order valence-corrected chi connectivity index (χ2v) is 10.0. The van der Waals surface area contributed by atoms with Gasteiger partial charge in [0.05, 0.1) is 36.2 Å². The van der Waals surface area contributed by atoms with Crippen LogP contribution in [0.2, 0.25) is 0 Å². The van der Waals surface area contributed by atoms with Gasteiger partial charge in [0.2, 0.25) is 20.0 Å². The predicted octanol–water partition coefficient (Wildman–Crippen LogP) is -0.682. The van der Waals surface area contributed by atoms with Gasteiger partial charge in [-0.3, -0.25) is 4.90 Å². The topological polar surface area (TPSA) is 105 Å². The Morgan fingerprint density at radius 3 is 1.93 bits per heavy atom. The van der Waals surface area contributed by atoms with Crippen LogP contribution in [0.3, 0.4) is 0 Å². The van der Waals surface area contributed by atoms with Crippen molar-refractivity contribution in [3.63, 3.8) is 0 Å². The first-order valence-corrected chi connectivity index (χ1v) is 11.8. The lowest BCUT2D eigenvalue weighted by atomic mass is 10.4. The maximum atomic E-state index is 12.6. The van der Waals surface area contributed by atoms with E-state index in [4.69, 9.17) is 9.47 Å². The minimum Gasteiger partial charge on any atom is -0.379 e. The number of hydrogen-bond acceptors (Lipinski definition) is 7. The summed E-state index contributed by atoms with van der Waals surface area (Å²) in [4.78, 5) is 2.26. The Bertz CT molecular complexity index is 814. The van der Waals surface area contributed by atoms with Crippen molar-refractivity contribution in [2.24, 2.45) is 0 Å². The molecular formula is C16H25N3O6S2. The molecule has 0 atom stereocenters. The molecule has 0 aromatic heterocycles. The molecule has 1 aromatic carbocycles. The normalized spacial score (nSPS) is 20.6. The van der Waals surface area contributed by atoms with Crippen LogP contribution in [0.1, 0.15) is 0 Å². The molecule has 2 saturated heterocycles. The van der Waals surface area contributed by atoms with Crippen molar-refractivity contribution in [1.82, 2.24) is 13.9 Å². The summed E-state index contributed by atoms with van der Waals surface area (Å²) >= 11 is 0. The average molecular weight is 420 g/mol. The quantitative estimate of drug-likeness (QED) is 0.624. The Kier molecular flexibility index (Phi) is 6.84. The van der Waals surface area contributed by atoms with Gasteiger partial charge in [0.1, 0.15) is 0 Å². The van der Waals surface area contributed by atoms with Crippen LogP contribution in [-0.2, 0) is 29.5 Å². The molecule has 0 unspecified atom stereocenters. The van der Waals surface area contributed by atoms with Crippen molar-refractivity contribution in [3.05, 3.63) is 24.3 Å². The third-order valence-corrected chi connectivity index (χ3v) is 7.96. The molecular weight excluding hydrogens is 394 g/mol. The Hall–Kier alpha value is -1.08. The monoisotopic (exact) mass is 419 g/mol. The summed E-state index contributed by atoms with van der Waals surface area (Å²) in [5.41, 5.74) is 0. The van der Waals surface area contributed by atoms with Gasteiger partial charge in [-0.05, 0) is 24.3 Å². The highest BCUT2D eigenvalue weighted by Crippen LogP contribution is 2.19. The Morgan fingerprint density at radius 1 is 0.815 bits per heavy atom. The smallest absolute Gasteiger partial charge is 0.243 e. The van der Waals surface area contributed by atoms with Crippen LogP contribution in [0.4, 0.5) is 0 Å². The third kappa shape index (κ3) is 5.25. The van der Waals surface area contributed by atoms with Gasteiger partial charge in [-0.25, -0.2) is 21.6 Å². The van der Waals surface area contributed by atoms with E-state index in [0.717, 1.165) is 13.1 Å². The molecule has 2 fully saturated rings. The van der Waals surface area contributed by atoms with Crippen molar-refractivity contribution >= 4 is 20.0 Å². The molecule has 27 heavy (non-hydrogen) atoms. The van der Waals surface area contributed by atoms with E-state index in [9.17, 15) is 16.8 Å². The number of hydrogen-bond donors (Lipinski definition) is 1. The highest BCUT2D eigenvalue weighted by molar-refractivity contribution is 7.89. The zero-order valence-corrected chi connectivity index (χ0v) is 16.7. The molecule has 2 aliphatic heterocycles. The maximum absolute atomic E-state index is 12.6. The molecule has 1 aromatic rings. The molecule has 3 rings (SSSR count). The van der Waals surface area contributed by atoms with Crippen molar-refractivity contribution in [1.29, 1.82) is 0 Å². The summed E-state index contributed by atoms with van der Waals surface area (Å²) < 4.78 is 64.3. The molecule has 0 bridgehead atoms. The molecule has 0 spiro atoms. The minimum atomic E-state index is -3.68. The first-order valence-electron chi connectivity index (χ1n) is 8.87. The standard InChI is InChI=1S/C16H25N3O6S2/c20-26(21,17-5-6-18-7-11-24-12-8-18)15-1-3-16(4-2-15)27(22,23)19-9-13-25-14-10-19/h1-4,17H,5-14H2. The first-order chi connectivity index (χ1) is 12.9. The van der Waals surface area contributed by atoms with E-state index < -0.39 is 20.0 Å². The van der Waals surface area contributed by atoms with Gasteiger partial charge in [-0.1, -0.05) is 0 Å². The first kappa shape index (κ1) is 20.6. The van der Waals surface area contributed by atoms with E-state index >= 15 is 0 Å². The van der Waals surface area contributed by atoms with E-state index in [1.54, 1.807) is 0 Å². The molecule has 0 aliphatic carbocycles. The van der Waals surface area contributed by atoms with Crippen molar-refractivity contribution < 1.29 is 26.3 Å². The Balaban J connectivity index is 1.61. The fourth-order valence-electron chi connectivity index (χ4n) is 2.97. The minimum absolute atomic E-state index is 0.0467. The molecule has 2 aliphatic rings. The van der Waals surface area contributed by atoms with Crippen LogP contribution < -0.4 is 4.72 Å². The Morgan fingerprint density at radius 2 is 1.33 bits per heavy atom. The van der Waals surface area contributed by atoms with E-state index in [1.165, 1.54) is 28.6 Å². The number of nitrogens with zero attached hydrogens (tertiary/aromatic N) is 2. The van der Waals surface area contributed by atoms with Crippen molar-refractivity contribution in [3.8, 4) is 0 Å². The van der Waals surface area contributed by atoms with Gasteiger partial charge in [0.25, 0.3) is 0 Å². The Labute approximate surface area is 160 Å². The summed E-state index contributed by atoms with van der Waals surface area (Å²) in [5.74, 6) is 0. The number of morpholine rings is 2. The van der Waals surface area contributed by atoms with Crippen LogP contribution >= 0.6 is 0 Å². The predicted molar refractivity (Wildman–Crippen MR) is 98.5 cm³/mol. The molecule has 9 nitrogen and oxygen atoms in total. The van der Waals surface area contributed by atoms with Gasteiger partial charge < -0.3 is 9.47 Å². The summed E-state index contributed by atoms with van der Waals surface area (Å²) in [7, 11) is -7.32. The lowest BCUT2D eigenvalue weighted by Gasteiger charge is -2.26. The summed E-state index contributed by atoms with van der Waals surface area (Å²) in [6, 6.07) is 5.32. The maximum Gasteiger partial charge on any atom is 0.243 e. The number of ether oxygens (including phenoxy) is 2. The summed E-state index contributed by atoms with van der Waals surface area (Å²) in [6.07, 6.45) is 0. The fourth-order valence-corrected chi connectivity index (χ4v) is 5.40. The lowest BCUT2D eigenvalue weighted by molar-refractivity contribution is 0.0390. The largest absolute Gasteiger partial charge is 0.379 e. The van der Waals surface area contributed by atoms with Gasteiger partial charge >= 0.3 is 0 Å². The number of rotatable bonds is 7. The molecule has 11 heteroatoms. The molecule has 1 N–H and O–H groups in total. The van der Waals surface area contributed by atoms with Gasteiger partial charge in [0.15, 0.2) is 0 Å². The van der Waals surface area contributed by atoms with Crippen LogP contribution in [0.25, 0.3) is 0 Å². The second kappa shape index (κ2) is 8.95.